The molecule has 0 N–H and O–H groups in total. The van der Waals surface area contributed by atoms with Crippen molar-refractivity contribution in [1.82, 2.24) is 4.90 Å². The van der Waals surface area contributed by atoms with Gasteiger partial charge in [0, 0.05) is 14.1 Å². The summed E-state index contributed by atoms with van der Waals surface area (Å²) in [7, 11) is 3.71. The Bertz CT molecular complexity index is 652. The van der Waals surface area contributed by atoms with Crippen molar-refractivity contribution in [2.24, 2.45) is 0 Å². The molecule has 0 saturated heterocycles. The summed E-state index contributed by atoms with van der Waals surface area (Å²) in [5, 5.41) is 11.2. The monoisotopic (exact) mass is 284 g/mol. The van der Waals surface area contributed by atoms with Crippen molar-refractivity contribution in [3.05, 3.63) is 70.4 Å². The van der Waals surface area contributed by atoms with Gasteiger partial charge in [0.1, 0.15) is 11.5 Å². The molecule has 0 aliphatic heterocycles. The van der Waals surface area contributed by atoms with Gasteiger partial charge in [-0.3, -0.25) is 10.1 Å². The third-order valence-corrected chi connectivity index (χ3v) is 2.73. The summed E-state index contributed by atoms with van der Waals surface area (Å²) in [6, 6.07) is 14.0. The molecular weight excluding hydrogens is 268 g/mol. The predicted octanol–water partition coefficient (Wildman–Crippen LogP) is 3.92. The van der Waals surface area contributed by atoms with E-state index in [2.05, 4.69) is 0 Å². The summed E-state index contributed by atoms with van der Waals surface area (Å²) in [4.78, 5) is 12.6. The van der Waals surface area contributed by atoms with Crippen molar-refractivity contribution < 1.29 is 9.66 Å². The topological polar surface area (TPSA) is 55.6 Å². The van der Waals surface area contributed by atoms with Gasteiger partial charge in [-0.25, -0.2) is 0 Å². The van der Waals surface area contributed by atoms with Crippen molar-refractivity contribution in [3.8, 4) is 11.5 Å². The van der Waals surface area contributed by atoms with Crippen LogP contribution in [0.3, 0.4) is 0 Å². The van der Waals surface area contributed by atoms with E-state index in [1.807, 2.05) is 37.2 Å². The molecule has 0 amide bonds. The predicted molar refractivity (Wildman–Crippen MR) is 82.3 cm³/mol. The Kier molecular flexibility index (Phi) is 4.56. The van der Waals surface area contributed by atoms with Crippen LogP contribution in [0.2, 0.25) is 0 Å². The Hall–Kier alpha value is -2.82. The lowest BCUT2D eigenvalue weighted by Gasteiger charge is -2.07. The molecule has 21 heavy (non-hydrogen) atoms. The van der Waals surface area contributed by atoms with Gasteiger partial charge in [-0.2, -0.15) is 0 Å². The highest BCUT2D eigenvalue weighted by Crippen LogP contribution is 2.29. The number of nitro benzene ring substituents is 1. The van der Waals surface area contributed by atoms with Crippen molar-refractivity contribution in [2.45, 2.75) is 0 Å². The van der Waals surface area contributed by atoms with Crippen LogP contribution in [0, 0.1) is 10.1 Å². The molecule has 0 unspecified atom stereocenters. The largest absolute Gasteiger partial charge is 0.457 e. The average Bonchev–Trinajstić information content (AvgIpc) is 2.46. The number of para-hydroxylation sites is 1. The molecule has 0 aliphatic rings. The van der Waals surface area contributed by atoms with E-state index in [1.165, 1.54) is 6.07 Å². The second kappa shape index (κ2) is 6.56. The van der Waals surface area contributed by atoms with E-state index >= 15 is 0 Å². The molecule has 0 bridgehead atoms. The minimum absolute atomic E-state index is 0.0153. The van der Waals surface area contributed by atoms with Crippen molar-refractivity contribution in [3.63, 3.8) is 0 Å². The van der Waals surface area contributed by atoms with Gasteiger partial charge in [0.15, 0.2) is 0 Å². The lowest BCUT2D eigenvalue weighted by atomic mass is 10.1. The normalized spacial score (nSPS) is 10.6. The summed E-state index contributed by atoms with van der Waals surface area (Å²) in [5.41, 5.74) is 0.552. The highest BCUT2D eigenvalue weighted by Gasteiger charge is 2.13. The van der Waals surface area contributed by atoms with E-state index in [4.69, 9.17) is 4.74 Å². The lowest BCUT2D eigenvalue weighted by Crippen LogP contribution is -2.00. The Morgan fingerprint density at radius 1 is 1.10 bits per heavy atom. The molecular formula is C16H16N2O3. The minimum Gasteiger partial charge on any atom is -0.457 e. The second-order valence-corrected chi connectivity index (χ2v) is 4.67. The molecule has 0 saturated carbocycles. The van der Waals surface area contributed by atoms with Crippen LogP contribution in [0.4, 0.5) is 5.69 Å². The van der Waals surface area contributed by atoms with E-state index in [9.17, 15) is 10.1 Å². The summed E-state index contributed by atoms with van der Waals surface area (Å²) in [6.07, 6.45) is 3.46. The molecule has 0 aliphatic carbocycles. The third kappa shape index (κ3) is 4.07. The summed E-state index contributed by atoms with van der Waals surface area (Å²) in [5.74, 6) is 1.08. The summed E-state index contributed by atoms with van der Waals surface area (Å²) >= 11 is 0. The number of hydrogen-bond acceptors (Lipinski definition) is 4. The number of nitro groups is 1. The van der Waals surface area contributed by atoms with E-state index in [0.29, 0.717) is 17.1 Å². The van der Waals surface area contributed by atoms with E-state index in [-0.39, 0.29) is 5.69 Å². The molecule has 5 nitrogen and oxygen atoms in total. The average molecular weight is 284 g/mol. The Morgan fingerprint density at radius 3 is 2.43 bits per heavy atom. The third-order valence-electron chi connectivity index (χ3n) is 2.73. The van der Waals surface area contributed by atoms with Gasteiger partial charge in [-0.1, -0.05) is 18.2 Å². The fourth-order valence-electron chi connectivity index (χ4n) is 1.74. The Morgan fingerprint density at radius 2 is 1.81 bits per heavy atom. The first-order valence-corrected chi connectivity index (χ1v) is 6.42. The molecule has 0 fully saturated rings. The maximum atomic E-state index is 11.2. The quantitative estimate of drug-likeness (QED) is 0.617. The number of hydrogen-bond donors (Lipinski definition) is 0. The van der Waals surface area contributed by atoms with Gasteiger partial charge < -0.3 is 9.64 Å². The van der Waals surface area contributed by atoms with Gasteiger partial charge >= 0.3 is 0 Å². The van der Waals surface area contributed by atoms with Crippen LogP contribution >= 0.6 is 0 Å². The lowest BCUT2D eigenvalue weighted by molar-refractivity contribution is -0.385. The highest BCUT2D eigenvalue weighted by atomic mass is 16.6. The van der Waals surface area contributed by atoms with Gasteiger partial charge in [0.05, 0.1) is 16.6 Å². The maximum absolute atomic E-state index is 11.2. The first-order valence-electron chi connectivity index (χ1n) is 6.42. The Balaban J connectivity index is 2.30. The second-order valence-electron chi connectivity index (χ2n) is 4.67. The van der Waals surface area contributed by atoms with Crippen molar-refractivity contribution in [2.75, 3.05) is 14.1 Å². The number of benzene rings is 2. The molecule has 0 spiro atoms. The maximum Gasteiger partial charge on any atom is 0.280 e. The van der Waals surface area contributed by atoms with Gasteiger partial charge in [-0.05, 0) is 36.5 Å². The number of nitrogens with zero attached hydrogens (tertiary/aromatic N) is 2. The van der Waals surface area contributed by atoms with Crippen LogP contribution in [-0.2, 0) is 0 Å². The van der Waals surface area contributed by atoms with Crippen LogP contribution in [0.25, 0.3) is 6.08 Å². The van der Waals surface area contributed by atoms with Gasteiger partial charge in [-0.15, -0.1) is 0 Å². The molecule has 108 valence electrons. The van der Waals surface area contributed by atoms with Crippen LogP contribution in [-0.4, -0.2) is 23.9 Å². The zero-order valence-corrected chi connectivity index (χ0v) is 11.9. The minimum atomic E-state index is -0.410. The van der Waals surface area contributed by atoms with Crippen LogP contribution in [0.1, 0.15) is 5.56 Å². The number of ether oxygens (including phenoxy) is 1. The van der Waals surface area contributed by atoms with Crippen LogP contribution in [0.5, 0.6) is 11.5 Å². The first kappa shape index (κ1) is 14.6. The summed E-state index contributed by atoms with van der Waals surface area (Å²) < 4.78 is 5.61. The van der Waals surface area contributed by atoms with Crippen molar-refractivity contribution >= 4 is 11.8 Å². The van der Waals surface area contributed by atoms with E-state index in [0.717, 1.165) is 0 Å². The molecule has 2 rings (SSSR count). The molecule has 0 atom stereocenters. The molecule has 0 heterocycles. The first-order chi connectivity index (χ1) is 10.1. The fourth-order valence-corrected chi connectivity index (χ4v) is 1.74. The van der Waals surface area contributed by atoms with E-state index in [1.54, 1.807) is 36.5 Å². The molecule has 2 aromatic carbocycles. The standard InChI is InChI=1S/C16H16N2O3/c1-17(2)11-10-13-8-9-15(12-16(13)18(19)20)21-14-6-4-3-5-7-14/h3-12H,1-2H3. The zero-order chi connectivity index (χ0) is 15.2. The molecule has 0 aromatic heterocycles. The van der Waals surface area contributed by atoms with Crippen LogP contribution < -0.4 is 4.74 Å². The van der Waals surface area contributed by atoms with Gasteiger partial charge in [0.25, 0.3) is 5.69 Å². The highest BCUT2D eigenvalue weighted by molar-refractivity contribution is 5.62. The fraction of sp³-hybridized carbons (Fsp3) is 0.125. The van der Waals surface area contributed by atoms with E-state index < -0.39 is 4.92 Å². The SMILES string of the molecule is CN(C)C=Cc1ccc(Oc2ccccc2)cc1[N+](=O)[O-]. The molecule has 0 radical (unpaired) electrons. The smallest absolute Gasteiger partial charge is 0.280 e. The Labute approximate surface area is 123 Å². The molecule has 5 heteroatoms. The zero-order valence-electron chi connectivity index (χ0n) is 11.9. The number of rotatable bonds is 5. The van der Waals surface area contributed by atoms with Gasteiger partial charge in [0.2, 0.25) is 0 Å². The summed E-state index contributed by atoms with van der Waals surface area (Å²) in [6.45, 7) is 0. The van der Waals surface area contributed by atoms with Crippen molar-refractivity contribution in [1.29, 1.82) is 0 Å². The van der Waals surface area contributed by atoms with Crippen LogP contribution in [0.15, 0.2) is 54.7 Å². The molecule has 2 aromatic rings.